The molecule has 20 heavy (non-hydrogen) atoms. The molecule has 0 saturated heterocycles. The van der Waals surface area contributed by atoms with E-state index in [1.807, 2.05) is 30.3 Å². The predicted octanol–water partition coefficient (Wildman–Crippen LogP) is 2.91. The Kier molecular flexibility index (Phi) is 4.70. The highest BCUT2D eigenvalue weighted by Crippen LogP contribution is 2.17. The maximum atomic E-state index is 8.57. The molecule has 0 saturated carbocycles. The lowest BCUT2D eigenvalue weighted by molar-refractivity contribution is 1.07. The van der Waals surface area contributed by atoms with E-state index in [4.69, 9.17) is 5.26 Å². The third kappa shape index (κ3) is 3.57. The average molecular weight is 262 g/mol. The Morgan fingerprint density at radius 2 is 2.20 bits per heavy atom. The lowest BCUT2D eigenvalue weighted by atomic mass is 10.2. The van der Waals surface area contributed by atoms with Crippen LogP contribution in [0.15, 0.2) is 42.2 Å². The van der Waals surface area contributed by atoms with Gasteiger partial charge in [-0.1, -0.05) is 24.0 Å². The fourth-order valence-corrected chi connectivity index (χ4v) is 1.65. The number of anilines is 1. The summed E-state index contributed by atoms with van der Waals surface area (Å²) in [5.74, 6) is 6.66. The molecule has 0 amide bonds. The van der Waals surface area contributed by atoms with Gasteiger partial charge in [0, 0.05) is 30.0 Å². The molecule has 1 heterocycles. The van der Waals surface area contributed by atoms with E-state index in [-0.39, 0.29) is 0 Å². The first-order valence-corrected chi connectivity index (χ1v) is 6.30. The molecule has 0 bridgehead atoms. The first-order chi connectivity index (χ1) is 9.81. The molecule has 0 unspecified atom stereocenters. The number of nitriles is 1. The van der Waals surface area contributed by atoms with E-state index in [0.29, 0.717) is 18.5 Å². The highest BCUT2D eigenvalue weighted by atomic mass is 15.0. The highest BCUT2D eigenvalue weighted by molar-refractivity contribution is 5.88. The van der Waals surface area contributed by atoms with E-state index in [2.05, 4.69) is 27.1 Å². The molecule has 1 aromatic heterocycles. The number of para-hydroxylation sites is 1. The first-order valence-electron chi connectivity index (χ1n) is 6.30. The zero-order valence-corrected chi connectivity index (χ0v) is 11.2. The SMILES string of the molecule is C/C(C#N)=C/C#CCCNc1ncnc2ccccc12. The van der Waals surface area contributed by atoms with Gasteiger partial charge in [0.2, 0.25) is 0 Å². The maximum Gasteiger partial charge on any atom is 0.137 e. The Morgan fingerprint density at radius 1 is 1.35 bits per heavy atom. The van der Waals surface area contributed by atoms with E-state index in [9.17, 15) is 0 Å². The topological polar surface area (TPSA) is 61.6 Å². The van der Waals surface area contributed by atoms with Gasteiger partial charge in [-0.25, -0.2) is 9.97 Å². The van der Waals surface area contributed by atoms with E-state index in [1.54, 1.807) is 19.3 Å². The first kappa shape index (κ1) is 13.6. The van der Waals surface area contributed by atoms with Gasteiger partial charge in [0.25, 0.3) is 0 Å². The summed E-state index contributed by atoms with van der Waals surface area (Å²) in [6.07, 6.45) is 3.86. The van der Waals surface area contributed by atoms with Crippen LogP contribution < -0.4 is 5.32 Å². The molecule has 0 aliphatic heterocycles. The van der Waals surface area contributed by atoms with Crippen LogP contribution in [0, 0.1) is 23.2 Å². The largest absolute Gasteiger partial charge is 0.368 e. The number of aromatic nitrogens is 2. The Hall–Kier alpha value is -2.85. The van der Waals surface area contributed by atoms with E-state index in [0.717, 1.165) is 16.7 Å². The molecule has 2 rings (SSSR count). The van der Waals surface area contributed by atoms with Gasteiger partial charge in [0.1, 0.15) is 12.1 Å². The standard InChI is InChI=1S/C16H14N4/c1-13(11-17)7-3-2-6-10-18-16-14-8-4-5-9-15(14)19-12-20-16/h4-5,7-9,12H,6,10H2,1H3,(H,18,19,20)/b13-7-. The number of benzene rings is 1. The van der Waals surface area contributed by atoms with Crippen molar-refractivity contribution in [1.82, 2.24) is 9.97 Å². The number of rotatable bonds is 3. The van der Waals surface area contributed by atoms with Crippen molar-refractivity contribution in [2.45, 2.75) is 13.3 Å². The minimum Gasteiger partial charge on any atom is -0.368 e. The third-order valence-corrected chi connectivity index (χ3v) is 2.65. The number of fused-ring (bicyclic) bond motifs is 1. The molecule has 0 atom stereocenters. The van der Waals surface area contributed by atoms with Gasteiger partial charge >= 0.3 is 0 Å². The fourth-order valence-electron chi connectivity index (χ4n) is 1.65. The van der Waals surface area contributed by atoms with Crippen molar-refractivity contribution in [1.29, 1.82) is 5.26 Å². The van der Waals surface area contributed by atoms with E-state index >= 15 is 0 Å². The molecule has 1 N–H and O–H groups in total. The van der Waals surface area contributed by atoms with Crippen LogP contribution in [-0.4, -0.2) is 16.5 Å². The number of hydrogen-bond acceptors (Lipinski definition) is 4. The summed E-state index contributed by atoms with van der Waals surface area (Å²) in [7, 11) is 0. The Labute approximate surface area is 118 Å². The summed E-state index contributed by atoms with van der Waals surface area (Å²) < 4.78 is 0. The summed E-state index contributed by atoms with van der Waals surface area (Å²) in [5, 5.41) is 12.8. The average Bonchev–Trinajstić information content (AvgIpc) is 2.50. The van der Waals surface area contributed by atoms with Crippen LogP contribution in [0.5, 0.6) is 0 Å². The van der Waals surface area contributed by atoms with Crippen LogP contribution in [0.4, 0.5) is 5.82 Å². The van der Waals surface area contributed by atoms with Crippen molar-refractivity contribution in [2.75, 3.05) is 11.9 Å². The maximum absolute atomic E-state index is 8.57. The second-order valence-electron chi connectivity index (χ2n) is 4.18. The summed E-state index contributed by atoms with van der Waals surface area (Å²) in [5.41, 5.74) is 1.54. The van der Waals surface area contributed by atoms with Gasteiger partial charge in [0.05, 0.1) is 11.6 Å². The molecular formula is C16H14N4. The normalized spacial score (nSPS) is 10.5. The molecule has 1 aromatic carbocycles. The third-order valence-electron chi connectivity index (χ3n) is 2.65. The molecule has 0 aliphatic rings. The predicted molar refractivity (Wildman–Crippen MR) is 79.8 cm³/mol. The number of nitrogens with one attached hydrogen (secondary N) is 1. The Bertz CT molecular complexity index is 724. The van der Waals surface area contributed by atoms with Crippen LogP contribution in [0.3, 0.4) is 0 Å². The molecule has 0 aliphatic carbocycles. The lowest BCUT2D eigenvalue weighted by Gasteiger charge is -2.05. The number of allylic oxidation sites excluding steroid dienone is 2. The second-order valence-corrected chi connectivity index (χ2v) is 4.18. The number of nitrogens with zero attached hydrogens (tertiary/aromatic N) is 3. The van der Waals surface area contributed by atoms with Crippen LogP contribution in [0.1, 0.15) is 13.3 Å². The van der Waals surface area contributed by atoms with Gasteiger partial charge in [-0.15, -0.1) is 0 Å². The van der Waals surface area contributed by atoms with Crippen molar-refractivity contribution >= 4 is 16.7 Å². The van der Waals surface area contributed by atoms with Gasteiger partial charge in [-0.2, -0.15) is 5.26 Å². The molecule has 4 nitrogen and oxygen atoms in total. The van der Waals surface area contributed by atoms with Crippen molar-refractivity contribution in [3.63, 3.8) is 0 Å². The number of hydrogen-bond donors (Lipinski definition) is 1. The lowest BCUT2D eigenvalue weighted by Crippen LogP contribution is -2.03. The Morgan fingerprint density at radius 3 is 3.05 bits per heavy atom. The van der Waals surface area contributed by atoms with Gasteiger partial charge in [-0.05, 0) is 19.1 Å². The minimum absolute atomic E-state index is 0.618. The quantitative estimate of drug-likeness (QED) is 0.525. The summed E-state index contributed by atoms with van der Waals surface area (Å²) in [4.78, 5) is 8.45. The molecule has 0 fully saturated rings. The summed E-state index contributed by atoms with van der Waals surface area (Å²) in [6.45, 7) is 2.44. The molecule has 0 spiro atoms. The Balaban J connectivity index is 1.96. The molecular weight excluding hydrogens is 248 g/mol. The van der Waals surface area contributed by atoms with E-state index < -0.39 is 0 Å². The molecule has 2 aromatic rings. The summed E-state index contributed by atoms with van der Waals surface area (Å²) in [6, 6.07) is 9.89. The van der Waals surface area contributed by atoms with Gasteiger partial charge in [0.15, 0.2) is 0 Å². The summed E-state index contributed by atoms with van der Waals surface area (Å²) >= 11 is 0. The van der Waals surface area contributed by atoms with Crippen molar-refractivity contribution < 1.29 is 0 Å². The van der Waals surface area contributed by atoms with Crippen LogP contribution in [-0.2, 0) is 0 Å². The fraction of sp³-hybridized carbons (Fsp3) is 0.188. The highest BCUT2D eigenvalue weighted by Gasteiger charge is 2.00. The zero-order valence-electron chi connectivity index (χ0n) is 11.2. The van der Waals surface area contributed by atoms with Crippen molar-refractivity contribution in [3.8, 4) is 17.9 Å². The molecule has 98 valence electrons. The minimum atomic E-state index is 0.618. The van der Waals surface area contributed by atoms with Crippen LogP contribution in [0.25, 0.3) is 10.9 Å². The second kappa shape index (κ2) is 6.92. The van der Waals surface area contributed by atoms with Crippen molar-refractivity contribution in [2.24, 2.45) is 0 Å². The smallest absolute Gasteiger partial charge is 0.137 e. The molecule has 0 radical (unpaired) electrons. The van der Waals surface area contributed by atoms with Crippen LogP contribution in [0.2, 0.25) is 0 Å². The van der Waals surface area contributed by atoms with Crippen LogP contribution >= 0.6 is 0 Å². The van der Waals surface area contributed by atoms with Gasteiger partial charge < -0.3 is 5.32 Å². The van der Waals surface area contributed by atoms with Crippen molar-refractivity contribution in [3.05, 3.63) is 42.2 Å². The zero-order chi connectivity index (χ0) is 14.2. The van der Waals surface area contributed by atoms with Gasteiger partial charge in [-0.3, -0.25) is 0 Å². The monoisotopic (exact) mass is 262 g/mol. The molecule has 4 heteroatoms. The van der Waals surface area contributed by atoms with E-state index in [1.165, 1.54) is 0 Å².